The first-order chi connectivity index (χ1) is 6.20. The molecule has 1 aliphatic heterocycles. The van der Waals surface area contributed by atoms with Crippen molar-refractivity contribution in [3.05, 3.63) is 16.7 Å². The average molecular weight is 201 g/mol. The number of aromatic nitrogens is 2. The van der Waals surface area contributed by atoms with Gasteiger partial charge in [-0.05, 0) is 19.8 Å². The van der Waals surface area contributed by atoms with Crippen LogP contribution in [0.5, 0.6) is 0 Å². The van der Waals surface area contributed by atoms with Crippen molar-refractivity contribution in [2.75, 3.05) is 0 Å². The van der Waals surface area contributed by atoms with E-state index in [2.05, 4.69) is 4.98 Å². The average Bonchev–Trinajstić information content (AvgIpc) is 2.45. The minimum absolute atomic E-state index is 0.564. The number of hydrogen-bond acceptors (Lipinski definition) is 2. The molecule has 4 heteroatoms. The summed E-state index contributed by atoms with van der Waals surface area (Å²) < 4.78 is 2.01. The number of aryl methyl sites for hydroxylation is 1. The van der Waals surface area contributed by atoms with E-state index in [1.165, 1.54) is 6.42 Å². The fourth-order valence-electron chi connectivity index (χ4n) is 1.73. The molecule has 0 fully saturated rings. The van der Waals surface area contributed by atoms with Crippen molar-refractivity contribution in [2.24, 2.45) is 0 Å². The third kappa shape index (κ3) is 1.46. The van der Waals surface area contributed by atoms with Gasteiger partial charge in [0.1, 0.15) is 16.7 Å². The number of imidazole rings is 1. The molecular formula is C9H13ClN2O. The Kier molecular flexibility index (Phi) is 2.30. The Bertz CT molecular complexity index is 320. The molecule has 2 heterocycles. The lowest BCUT2D eigenvalue weighted by Crippen LogP contribution is -2.10. The first-order valence-electron chi connectivity index (χ1n) is 4.63. The molecule has 0 saturated heterocycles. The Morgan fingerprint density at radius 3 is 2.92 bits per heavy atom. The lowest BCUT2D eigenvalue weighted by Gasteiger charge is -2.13. The number of aliphatic hydroxyl groups is 1. The molecule has 1 atom stereocenters. The zero-order chi connectivity index (χ0) is 9.42. The summed E-state index contributed by atoms with van der Waals surface area (Å²) in [6, 6.07) is 0. The molecule has 0 spiro atoms. The van der Waals surface area contributed by atoms with Gasteiger partial charge >= 0.3 is 0 Å². The van der Waals surface area contributed by atoms with E-state index < -0.39 is 6.10 Å². The molecule has 72 valence electrons. The van der Waals surface area contributed by atoms with Crippen molar-refractivity contribution < 1.29 is 5.11 Å². The van der Waals surface area contributed by atoms with Crippen LogP contribution in [0, 0.1) is 0 Å². The van der Waals surface area contributed by atoms with Gasteiger partial charge in [0.05, 0.1) is 6.10 Å². The van der Waals surface area contributed by atoms with E-state index in [1.807, 2.05) is 4.57 Å². The van der Waals surface area contributed by atoms with Crippen molar-refractivity contribution in [3.63, 3.8) is 0 Å². The maximum absolute atomic E-state index is 9.39. The summed E-state index contributed by atoms with van der Waals surface area (Å²) in [5, 5.41) is 10.0. The Labute approximate surface area is 82.4 Å². The van der Waals surface area contributed by atoms with E-state index in [0.29, 0.717) is 10.8 Å². The van der Waals surface area contributed by atoms with E-state index >= 15 is 0 Å². The summed E-state index contributed by atoms with van der Waals surface area (Å²) in [6.07, 6.45) is 2.74. The maximum Gasteiger partial charge on any atom is 0.134 e. The van der Waals surface area contributed by atoms with Crippen LogP contribution >= 0.6 is 11.6 Å². The van der Waals surface area contributed by atoms with Crippen molar-refractivity contribution in [3.8, 4) is 0 Å². The molecule has 1 N–H and O–H groups in total. The van der Waals surface area contributed by atoms with Gasteiger partial charge in [-0.3, -0.25) is 0 Å². The molecule has 0 aromatic carbocycles. The molecule has 13 heavy (non-hydrogen) atoms. The topological polar surface area (TPSA) is 38.1 Å². The van der Waals surface area contributed by atoms with Gasteiger partial charge in [0.2, 0.25) is 0 Å². The zero-order valence-electron chi connectivity index (χ0n) is 7.63. The van der Waals surface area contributed by atoms with E-state index in [1.54, 1.807) is 6.92 Å². The molecule has 0 bridgehead atoms. The van der Waals surface area contributed by atoms with Crippen LogP contribution in [0.25, 0.3) is 0 Å². The van der Waals surface area contributed by atoms with Crippen molar-refractivity contribution in [1.82, 2.24) is 9.55 Å². The fourth-order valence-corrected chi connectivity index (χ4v) is 2.12. The van der Waals surface area contributed by atoms with Crippen LogP contribution in [0.4, 0.5) is 0 Å². The highest BCUT2D eigenvalue weighted by Crippen LogP contribution is 2.27. The number of nitrogens with zero attached hydrogens (tertiary/aromatic N) is 2. The van der Waals surface area contributed by atoms with Crippen LogP contribution in [-0.4, -0.2) is 14.7 Å². The first kappa shape index (κ1) is 9.03. The van der Waals surface area contributed by atoms with E-state index in [-0.39, 0.29) is 0 Å². The highest BCUT2D eigenvalue weighted by molar-refractivity contribution is 6.30. The predicted molar refractivity (Wildman–Crippen MR) is 50.8 cm³/mol. The number of fused-ring (bicyclic) bond motifs is 1. The molecule has 0 radical (unpaired) electrons. The van der Waals surface area contributed by atoms with Crippen LogP contribution in [0.3, 0.4) is 0 Å². The van der Waals surface area contributed by atoms with Crippen LogP contribution in [0.2, 0.25) is 5.15 Å². The quantitative estimate of drug-likeness (QED) is 0.752. The second kappa shape index (κ2) is 3.31. The number of aliphatic hydroxyl groups excluding tert-OH is 1. The highest BCUT2D eigenvalue weighted by Gasteiger charge is 2.20. The van der Waals surface area contributed by atoms with Crippen molar-refractivity contribution in [2.45, 2.75) is 38.8 Å². The number of hydrogen-bond donors (Lipinski definition) is 1. The summed E-state index contributed by atoms with van der Waals surface area (Å²) in [6.45, 7) is 2.63. The zero-order valence-corrected chi connectivity index (χ0v) is 8.38. The van der Waals surface area contributed by atoms with Crippen LogP contribution in [0.15, 0.2) is 0 Å². The van der Waals surface area contributed by atoms with Crippen LogP contribution < -0.4 is 0 Å². The van der Waals surface area contributed by atoms with Gasteiger partial charge in [0.25, 0.3) is 0 Å². The fraction of sp³-hybridized carbons (Fsp3) is 0.667. The normalized spacial score (nSPS) is 18.4. The molecule has 2 rings (SSSR count). The highest BCUT2D eigenvalue weighted by atomic mass is 35.5. The molecule has 0 aliphatic carbocycles. The smallest absolute Gasteiger partial charge is 0.134 e. The Hall–Kier alpha value is -0.540. The Balaban J connectivity index is 2.44. The van der Waals surface area contributed by atoms with Gasteiger partial charge in [-0.2, -0.15) is 0 Å². The summed E-state index contributed by atoms with van der Waals surface area (Å²) in [4.78, 5) is 4.33. The van der Waals surface area contributed by atoms with Crippen LogP contribution in [-0.2, 0) is 13.0 Å². The van der Waals surface area contributed by atoms with Gasteiger partial charge in [0, 0.05) is 13.0 Å². The lowest BCUT2D eigenvalue weighted by atomic mass is 10.2. The second-order valence-electron chi connectivity index (χ2n) is 3.49. The number of rotatable bonds is 1. The second-order valence-corrected chi connectivity index (χ2v) is 3.85. The molecule has 1 aliphatic rings. The summed E-state index contributed by atoms with van der Waals surface area (Å²) in [5.41, 5.74) is 0.624. The first-order valence-corrected chi connectivity index (χ1v) is 5.01. The molecule has 3 nitrogen and oxygen atoms in total. The Morgan fingerprint density at radius 1 is 1.54 bits per heavy atom. The van der Waals surface area contributed by atoms with Crippen molar-refractivity contribution in [1.29, 1.82) is 0 Å². The molecule has 1 unspecified atom stereocenters. The van der Waals surface area contributed by atoms with Crippen molar-refractivity contribution >= 4 is 11.6 Å². The van der Waals surface area contributed by atoms with E-state index in [9.17, 15) is 5.11 Å². The third-order valence-corrected chi connectivity index (χ3v) is 2.83. The van der Waals surface area contributed by atoms with Gasteiger partial charge in [-0.15, -0.1) is 0 Å². The monoisotopic (exact) mass is 200 g/mol. The molecular weight excluding hydrogens is 188 g/mol. The number of halogens is 1. The third-order valence-electron chi connectivity index (χ3n) is 2.44. The maximum atomic E-state index is 9.39. The largest absolute Gasteiger partial charge is 0.387 e. The predicted octanol–water partition coefficient (Wildman–Crippen LogP) is 1.93. The molecule has 0 saturated carbocycles. The minimum Gasteiger partial charge on any atom is -0.387 e. The Morgan fingerprint density at radius 2 is 2.31 bits per heavy atom. The lowest BCUT2D eigenvalue weighted by molar-refractivity contribution is 0.195. The van der Waals surface area contributed by atoms with E-state index in [0.717, 1.165) is 25.2 Å². The summed E-state index contributed by atoms with van der Waals surface area (Å²) >= 11 is 6.08. The van der Waals surface area contributed by atoms with Gasteiger partial charge < -0.3 is 9.67 Å². The standard InChI is InChI=1S/C9H13ClN2O/c1-6(13)8-9(10)12-5-3-2-4-7(12)11-8/h6,13H,2-5H2,1H3. The van der Waals surface area contributed by atoms with Crippen LogP contribution in [0.1, 0.15) is 37.4 Å². The van der Waals surface area contributed by atoms with Gasteiger partial charge in [0.15, 0.2) is 0 Å². The molecule has 1 aromatic heterocycles. The van der Waals surface area contributed by atoms with Gasteiger partial charge in [-0.1, -0.05) is 11.6 Å². The SMILES string of the molecule is CC(O)c1nc2n(c1Cl)CCCC2. The summed E-state index contributed by atoms with van der Waals surface area (Å²) in [5.74, 6) is 1.02. The minimum atomic E-state index is -0.564. The van der Waals surface area contributed by atoms with E-state index in [4.69, 9.17) is 11.6 Å². The summed E-state index contributed by atoms with van der Waals surface area (Å²) in [7, 11) is 0. The van der Waals surface area contributed by atoms with Gasteiger partial charge in [-0.25, -0.2) is 4.98 Å². The molecule has 1 aromatic rings. The molecule has 0 amide bonds.